The number of imidazole rings is 1. The Labute approximate surface area is 199 Å². The number of pyridine rings is 1. The molecule has 1 aliphatic heterocycles. The van der Waals surface area contributed by atoms with Crippen LogP contribution in [0.4, 0.5) is 11.6 Å². The molecule has 1 N–H and O–H groups in total. The SMILES string of the molecule is CC(C)(C)c1ccc(C(=O)Nc2cn3nc(N4CCCC4Cc4cccnc4)ccc3n2)cc1. The molecule has 1 atom stereocenters. The van der Waals surface area contributed by atoms with E-state index in [9.17, 15) is 4.79 Å². The summed E-state index contributed by atoms with van der Waals surface area (Å²) in [6, 6.07) is 16.2. The summed E-state index contributed by atoms with van der Waals surface area (Å²) in [6.07, 6.45) is 8.74. The monoisotopic (exact) mass is 454 g/mol. The molecule has 0 spiro atoms. The quantitative estimate of drug-likeness (QED) is 0.465. The predicted molar refractivity (Wildman–Crippen MR) is 134 cm³/mol. The van der Waals surface area contributed by atoms with Gasteiger partial charge in [0.05, 0.1) is 6.20 Å². The molecule has 4 aromatic rings. The van der Waals surface area contributed by atoms with Crippen LogP contribution in [-0.4, -0.2) is 38.1 Å². The fraction of sp³-hybridized carbons (Fsp3) is 0.333. The number of hydrogen-bond donors (Lipinski definition) is 1. The summed E-state index contributed by atoms with van der Waals surface area (Å²) in [5.74, 6) is 1.23. The number of rotatable bonds is 5. The zero-order chi connectivity index (χ0) is 23.7. The highest BCUT2D eigenvalue weighted by Gasteiger charge is 2.26. The van der Waals surface area contributed by atoms with Crippen LogP contribution in [-0.2, 0) is 11.8 Å². The lowest BCUT2D eigenvalue weighted by Crippen LogP contribution is -2.32. The summed E-state index contributed by atoms with van der Waals surface area (Å²) < 4.78 is 1.74. The van der Waals surface area contributed by atoms with E-state index in [4.69, 9.17) is 5.10 Å². The van der Waals surface area contributed by atoms with Gasteiger partial charge in [0.25, 0.3) is 5.91 Å². The van der Waals surface area contributed by atoms with Gasteiger partial charge in [-0.2, -0.15) is 0 Å². The van der Waals surface area contributed by atoms with Gasteiger partial charge in [-0.05, 0) is 66.1 Å². The van der Waals surface area contributed by atoms with Crippen molar-refractivity contribution in [1.82, 2.24) is 19.6 Å². The maximum absolute atomic E-state index is 12.8. The molecule has 4 heterocycles. The highest BCUT2D eigenvalue weighted by molar-refractivity contribution is 6.03. The molecule has 7 nitrogen and oxygen atoms in total. The normalized spacial score (nSPS) is 16.2. The Morgan fingerprint density at radius 3 is 2.68 bits per heavy atom. The molecule has 0 radical (unpaired) electrons. The smallest absolute Gasteiger partial charge is 0.256 e. The first kappa shape index (κ1) is 22.1. The Bertz CT molecular complexity index is 1290. The number of carbonyl (C=O) groups is 1. The number of fused-ring (bicyclic) bond motifs is 1. The van der Waals surface area contributed by atoms with Gasteiger partial charge in [0.2, 0.25) is 0 Å². The molecule has 7 heteroatoms. The Kier molecular flexibility index (Phi) is 5.77. The third-order valence-electron chi connectivity index (χ3n) is 6.43. The zero-order valence-electron chi connectivity index (χ0n) is 19.9. The van der Waals surface area contributed by atoms with Crippen molar-refractivity contribution >= 4 is 23.2 Å². The van der Waals surface area contributed by atoms with E-state index in [1.807, 2.05) is 54.9 Å². The predicted octanol–water partition coefficient (Wildman–Crippen LogP) is 4.89. The van der Waals surface area contributed by atoms with Gasteiger partial charge in [-0.3, -0.25) is 9.78 Å². The van der Waals surface area contributed by atoms with E-state index in [1.54, 1.807) is 10.7 Å². The van der Waals surface area contributed by atoms with E-state index in [2.05, 4.69) is 47.0 Å². The standard InChI is InChI=1S/C27H30N6O/c1-27(2,3)21-10-8-20(9-11-21)26(34)30-23-18-33-24(29-23)12-13-25(31-33)32-15-5-7-22(32)16-19-6-4-14-28-17-19/h4,6,8-14,17-18,22H,5,7,15-16H2,1-3H3,(H,30,34). The lowest BCUT2D eigenvalue weighted by molar-refractivity contribution is 0.102. The van der Waals surface area contributed by atoms with Crippen LogP contribution in [0.1, 0.15) is 55.1 Å². The average molecular weight is 455 g/mol. The summed E-state index contributed by atoms with van der Waals surface area (Å²) in [4.78, 5) is 23.9. The summed E-state index contributed by atoms with van der Waals surface area (Å²) >= 11 is 0. The van der Waals surface area contributed by atoms with E-state index < -0.39 is 0 Å². The van der Waals surface area contributed by atoms with Crippen LogP contribution in [0.2, 0.25) is 0 Å². The number of amides is 1. The first-order valence-electron chi connectivity index (χ1n) is 11.8. The van der Waals surface area contributed by atoms with Gasteiger partial charge in [-0.25, -0.2) is 9.50 Å². The van der Waals surface area contributed by atoms with Gasteiger partial charge in [-0.1, -0.05) is 39.0 Å². The molecule has 0 saturated carbocycles. The van der Waals surface area contributed by atoms with Crippen LogP contribution in [0.15, 0.2) is 67.1 Å². The van der Waals surface area contributed by atoms with Crippen molar-refractivity contribution in [2.24, 2.45) is 0 Å². The number of carbonyl (C=O) groups excluding carboxylic acids is 1. The van der Waals surface area contributed by atoms with Gasteiger partial charge >= 0.3 is 0 Å². The van der Waals surface area contributed by atoms with Crippen LogP contribution in [0, 0.1) is 0 Å². The second kappa shape index (κ2) is 8.89. The lowest BCUT2D eigenvalue weighted by atomic mass is 9.87. The molecular formula is C27H30N6O. The summed E-state index contributed by atoms with van der Waals surface area (Å²) in [6.45, 7) is 7.45. The second-order valence-electron chi connectivity index (χ2n) is 9.96. The number of benzene rings is 1. The lowest BCUT2D eigenvalue weighted by Gasteiger charge is -2.25. The van der Waals surface area contributed by atoms with Gasteiger partial charge in [0, 0.05) is 30.5 Å². The van der Waals surface area contributed by atoms with Crippen molar-refractivity contribution in [3.05, 3.63) is 83.8 Å². The van der Waals surface area contributed by atoms with E-state index in [1.165, 1.54) is 11.1 Å². The number of nitrogens with one attached hydrogen (secondary N) is 1. The molecule has 1 saturated heterocycles. The van der Waals surface area contributed by atoms with Crippen molar-refractivity contribution in [1.29, 1.82) is 0 Å². The summed E-state index contributed by atoms with van der Waals surface area (Å²) in [5.41, 5.74) is 3.78. The van der Waals surface area contributed by atoms with Crippen LogP contribution >= 0.6 is 0 Å². The van der Waals surface area contributed by atoms with Crippen molar-refractivity contribution in [3.63, 3.8) is 0 Å². The first-order valence-corrected chi connectivity index (χ1v) is 11.8. The fourth-order valence-electron chi connectivity index (χ4n) is 4.54. The molecule has 1 fully saturated rings. The highest BCUT2D eigenvalue weighted by atomic mass is 16.1. The molecule has 1 amide bonds. The minimum atomic E-state index is -0.180. The Balaban J connectivity index is 1.31. The molecule has 1 aromatic carbocycles. The molecule has 1 unspecified atom stereocenters. The van der Waals surface area contributed by atoms with Crippen molar-refractivity contribution < 1.29 is 4.79 Å². The number of anilines is 2. The highest BCUT2D eigenvalue weighted by Crippen LogP contribution is 2.27. The van der Waals surface area contributed by atoms with Crippen molar-refractivity contribution in [2.45, 2.75) is 51.5 Å². The van der Waals surface area contributed by atoms with Crippen LogP contribution < -0.4 is 10.2 Å². The van der Waals surface area contributed by atoms with E-state index >= 15 is 0 Å². The molecule has 0 aliphatic carbocycles. The molecule has 1 aliphatic rings. The Hall–Kier alpha value is -3.74. The van der Waals surface area contributed by atoms with Crippen molar-refractivity contribution in [3.8, 4) is 0 Å². The van der Waals surface area contributed by atoms with E-state index in [0.29, 0.717) is 23.1 Å². The molecule has 0 bridgehead atoms. The molecule has 3 aromatic heterocycles. The van der Waals surface area contributed by atoms with Crippen LogP contribution in [0.5, 0.6) is 0 Å². The van der Waals surface area contributed by atoms with Gasteiger partial charge < -0.3 is 10.2 Å². The van der Waals surface area contributed by atoms with Crippen molar-refractivity contribution in [2.75, 3.05) is 16.8 Å². The summed E-state index contributed by atoms with van der Waals surface area (Å²) in [5, 5.41) is 7.71. The molecule has 34 heavy (non-hydrogen) atoms. The van der Waals surface area contributed by atoms with E-state index in [-0.39, 0.29) is 11.3 Å². The largest absolute Gasteiger partial charge is 0.352 e. The molecular weight excluding hydrogens is 424 g/mol. The van der Waals surface area contributed by atoms with Gasteiger partial charge in [0.15, 0.2) is 11.5 Å². The van der Waals surface area contributed by atoms with Gasteiger partial charge in [-0.15, -0.1) is 5.10 Å². The Morgan fingerprint density at radius 2 is 1.94 bits per heavy atom. The van der Waals surface area contributed by atoms with Gasteiger partial charge in [0.1, 0.15) is 5.82 Å². The third-order valence-corrected chi connectivity index (χ3v) is 6.43. The minimum absolute atomic E-state index is 0.0479. The van der Waals surface area contributed by atoms with E-state index in [0.717, 1.165) is 31.6 Å². The minimum Gasteiger partial charge on any atom is -0.352 e. The maximum Gasteiger partial charge on any atom is 0.256 e. The summed E-state index contributed by atoms with van der Waals surface area (Å²) in [7, 11) is 0. The molecule has 174 valence electrons. The van der Waals surface area contributed by atoms with Crippen LogP contribution in [0.25, 0.3) is 5.65 Å². The zero-order valence-corrected chi connectivity index (χ0v) is 19.9. The molecule has 5 rings (SSSR count). The number of nitrogens with zero attached hydrogens (tertiary/aromatic N) is 5. The average Bonchev–Trinajstić information content (AvgIpc) is 3.45. The first-order chi connectivity index (χ1) is 16.4. The number of hydrogen-bond acceptors (Lipinski definition) is 5. The third kappa shape index (κ3) is 4.64. The Morgan fingerprint density at radius 1 is 1.12 bits per heavy atom. The second-order valence-corrected chi connectivity index (χ2v) is 9.96. The topological polar surface area (TPSA) is 75.4 Å². The fourth-order valence-corrected chi connectivity index (χ4v) is 4.54. The maximum atomic E-state index is 12.8. The van der Waals surface area contributed by atoms with Crippen LogP contribution in [0.3, 0.4) is 0 Å². The number of aromatic nitrogens is 4.